The van der Waals surface area contributed by atoms with Crippen LogP contribution in [0.2, 0.25) is 4.34 Å². The number of carbonyl (C=O) groups excluding carboxylic acids is 1. The van der Waals surface area contributed by atoms with Gasteiger partial charge < -0.3 is 4.90 Å². The average Bonchev–Trinajstić information content (AvgIpc) is 3.08. The van der Waals surface area contributed by atoms with Crippen molar-refractivity contribution in [1.29, 1.82) is 0 Å². The molecule has 1 fully saturated rings. The van der Waals surface area contributed by atoms with Crippen LogP contribution in [0, 0.1) is 0 Å². The second-order valence-electron chi connectivity index (χ2n) is 4.86. The van der Waals surface area contributed by atoms with Gasteiger partial charge in [0, 0.05) is 24.3 Å². The number of amides is 1. The third kappa shape index (κ3) is 3.11. The van der Waals surface area contributed by atoms with E-state index >= 15 is 0 Å². The highest BCUT2D eigenvalue weighted by Crippen LogP contribution is 2.28. The smallest absolute Gasteiger partial charge is 0.271 e. The highest BCUT2D eigenvalue weighted by Gasteiger charge is 2.22. The van der Waals surface area contributed by atoms with Gasteiger partial charge in [-0.3, -0.25) is 9.52 Å². The summed E-state index contributed by atoms with van der Waals surface area (Å²) in [6.07, 6.45) is 1.42. The second kappa shape index (κ2) is 5.91. The van der Waals surface area contributed by atoms with E-state index in [9.17, 15) is 13.2 Å². The zero-order valence-corrected chi connectivity index (χ0v) is 13.8. The lowest BCUT2D eigenvalue weighted by molar-refractivity contribution is -0.117. The van der Waals surface area contributed by atoms with Crippen molar-refractivity contribution in [1.82, 2.24) is 0 Å². The number of nitrogens with zero attached hydrogens (tertiary/aromatic N) is 1. The largest absolute Gasteiger partial charge is 0.312 e. The highest BCUT2D eigenvalue weighted by molar-refractivity contribution is 7.94. The minimum absolute atomic E-state index is 0.0987. The van der Waals surface area contributed by atoms with Crippen LogP contribution < -0.4 is 9.62 Å². The van der Waals surface area contributed by atoms with Gasteiger partial charge >= 0.3 is 0 Å². The maximum absolute atomic E-state index is 12.2. The molecule has 1 amide bonds. The third-order valence-corrected chi connectivity index (χ3v) is 6.42. The molecule has 2 aromatic rings. The van der Waals surface area contributed by atoms with Crippen LogP contribution >= 0.6 is 22.9 Å². The molecule has 3 rings (SSSR count). The van der Waals surface area contributed by atoms with E-state index in [4.69, 9.17) is 11.6 Å². The van der Waals surface area contributed by atoms with Gasteiger partial charge in [0.05, 0.1) is 4.34 Å². The van der Waals surface area contributed by atoms with Crippen molar-refractivity contribution in [3.63, 3.8) is 0 Å². The van der Waals surface area contributed by atoms with Crippen LogP contribution in [0.5, 0.6) is 0 Å². The monoisotopic (exact) mass is 356 g/mol. The predicted octanol–water partition coefficient (Wildman–Crippen LogP) is 3.33. The molecule has 1 saturated heterocycles. The first-order chi connectivity index (χ1) is 10.5. The topological polar surface area (TPSA) is 66.5 Å². The molecule has 1 aliphatic rings. The first-order valence-electron chi connectivity index (χ1n) is 6.64. The summed E-state index contributed by atoms with van der Waals surface area (Å²) in [4.78, 5) is 13.4. The van der Waals surface area contributed by atoms with Gasteiger partial charge in [-0.25, -0.2) is 8.42 Å². The van der Waals surface area contributed by atoms with E-state index in [0.29, 0.717) is 23.0 Å². The first kappa shape index (κ1) is 15.3. The molecular formula is C14H13ClN2O3S2. The van der Waals surface area contributed by atoms with Crippen LogP contribution in [-0.2, 0) is 14.8 Å². The molecule has 22 heavy (non-hydrogen) atoms. The van der Waals surface area contributed by atoms with Crippen molar-refractivity contribution in [3.8, 4) is 0 Å². The van der Waals surface area contributed by atoms with Gasteiger partial charge in [-0.2, -0.15) is 0 Å². The number of anilines is 2. The minimum atomic E-state index is -3.63. The predicted molar refractivity (Wildman–Crippen MR) is 88.2 cm³/mol. The number of carbonyl (C=O) groups is 1. The molecule has 1 aliphatic heterocycles. The number of halogens is 1. The number of sulfonamides is 1. The fourth-order valence-electron chi connectivity index (χ4n) is 2.28. The van der Waals surface area contributed by atoms with E-state index in [2.05, 4.69) is 4.72 Å². The quantitative estimate of drug-likeness (QED) is 0.913. The van der Waals surface area contributed by atoms with Gasteiger partial charge in [-0.1, -0.05) is 11.6 Å². The lowest BCUT2D eigenvalue weighted by Crippen LogP contribution is -2.23. The van der Waals surface area contributed by atoms with Crippen LogP contribution in [0.4, 0.5) is 11.4 Å². The Balaban J connectivity index is 1.77. The Kier molecular flexibility index (Phi) is 4.12. The first-order valence-corrected chi connectivity index (χ1v) is 9.32. The zero-order chi connectivity index (χ0) is 15.7. The molecule has 1 aromatic heterocycles. The van der Waals surface area contributed by atoms with Crippen molar-refractivity contribution < 1.29 is 13.2 Å². The molecule has 5 nitrogen and oxygen atoms in total. The average molecular weight is 357 g/mol. The third-order valence-electron chi connectivity index (χ3n) is 3.32. The summed E-state index contributed by atoms with van der Waals surface area (Å²) >= 11 is 6.77. The molecule has 0 bridgehead atoms. The van der Waals surface area contributed by atoms with E-state index in [1.54, 1.807) is 35.2 Å². The van der Waals surface area contributed by atoms with Gasteiger partial charge in [-0.05, 0) is 42.8 Å². The second-order valence-corrected chi connectivity index (χ2v) is 8.48. The molecule has 1 aromatic carbocycles. The van der Waals surface area contributed by atoms with Crippen LogP contribution in [0.3, 0.4) is 0 Å². The van der Waals surface area contributed by atoms with Crippen molar-refractivity contribution >= 4 is 50.2 Å². The fourth-order valence-corrected chi connectivity index (χ4v) is 4.82. The molecule has 116 valence electrons. The maximum Gasteiger partial charge on any atom is 0.271 e. The number of benzene rings is 1. The van der Waals surface area contributed by atoms with Crippen molar-refractivity contribution in [2.24, 2.45) is 0 Å². The number of hydrogen-bond acceptors (Lipinski definition) is 4. The Hall–Kier alpha value is -1.57. The van der Waals surface area contributed by atoms with Crippen molar-refractivity contribution in [3.05, 3.63) is 40.7 Å². The van der Waals surface area contributed by atoms with Gasteiger partial charge in [0.25, 0.3) is 10.0 Å². The standard InChI is InChI=1S/C14H13ClN2O3S2/c15-12-7-8-14(21-12)22(19,20)16-10-3-5-11(6-4-10)17-9-1-2-13(17)18/h3-8,16H,1-2,9H2. The Morgan fingerprint density at radius 2 is 1.86 bits per heavy atom. The van der Waals surface area contributed by atoms with Gasteiger partial charge in [0.15, 0.2) is 0 Å². The lowest BCUT2D eigenvalue weighted by atomic mass is 10.2. The summed E-state index contributed by atoms with van der Waals surface area (Å²) in [6.45, 7) is 0.706. The molecule has 0 unspecified atom stereocenters. The van der Waals surface area contributed by atoms with Gasteiger partial charge in [0.1, 0.15) is 4.21 Å². The van der Waals surface area contributed by atoms with E-state index in [1.807, 2.05) is 0 Å². The molecule has 8 heteroatoms. The molecule has 0 atom stereocenters. The molecular weight excluding hydrogens is 344 g/mol. The zero-order valence-electron chi connectivity index (χ0n) is 11.5. The summed E-state index contributed by atoms with van der Waals surface area (Å²) in [6, 6.07) is 9.78. The van der Waals surface area contributed by atoms with Gasteiger partial charge in [-0.15, -0.1) is 11.3 Å². The number of nitrogens with one attached hydrogen (secondary N) is 1. The summed E-state index contributed by atoms with van der Waals surface area (Å²) in [5, 5.41) is 0. The summed E-state index contributed by atoms with van der Waals surface area (Å²) < 4.78 is 27.4. The Bertz CT molecular complexity index is 800. The fraction of sp³-hybridized carbons (Fsp3) is 0.214. The van der Waals surface area contributed by atoms with Crippen molar-refractivity contribution in [2.45, 2.75) is 17.1 Å². The summed E-state index contributed by atoms with van der Waals surface area (Å²) in [5.74, 6) is 0.0987. The van der Waals surface area contributed by atoms with Crippen LogP contribution in [0.25, 0.3) is 0 Å². The normalized spacial score (nSPS) is 15.3. The number of thiophene rings is 1. The van der Waals surface area contributed by atoms with Crippen LogP contribution in [-0.4, -0.2) is 20.9 Å². The van der Waals surface area contributed by atoms with E-state index < -0.39 is 10.0 Å². The van der Waals surface area contributed by atoms with E-state index in [1.165, 1.54) is 6.07 Å². The number of rotatable bonds is 4. The molecule has 0 spiro atoms. The van der Waals surface area contributed by atoms with Crippen molar-refractivity contribution in [2.75, 3.05) is 16.2 Å². The SMILES string of the molecule is O=C1CCCN1c1ccc(NS(=O)(=O)c2ccc(Cl)s2)cc1. The molecule has 2 heterocycles. The van der Waals surface area contributed by atoms with Gasteiger partial charge in [0.2, 0.25) is 5.91 Å². The molecule has 0 aliphatic carbocycles. The Labute approximate surface area is 137 Å². The lowest BCUT2D eigenvalue weighted by Gasteiger charge is -2.16. The molecule has 0 radical (unpaired) electrons. The van der Waals surface area contributed by atoms with E-state index in [-0.39, 0.29) is 10.1 Å². The Morgan fingerprint density at radius 3 is 2.41 bits per heavy atom. The summed E-state index contributed by atoms with van der Waals surface area (Å²) in [7, 11) is -3.63. The number of hydrogen-bond donors (Lipinski definition) is 1. The van der Waals surface area contributed by atoms with Crippen LogP contribution in [0.15, 0.2) is 40.6 Å². The highest BCUT2D eigenvalue weighted by atomic mass is 35.5. The molecule has 1 N–H and O–H groups in total. The van der Waals surface area contributed by atoms with Crippen LogP contribution in [0.1, 0.15) is 12.8 Å². The minimum Gasteiger partial charge on any atom is -0.312 e. The molecule has 0 saturated carbocycles. The maximum atomic E-state index is 12.2. The Morgan fingerprint density at radius 1 is 1.14 bits per heavy atom. The van der Waals surface area contributed by atoms with E-state index in [0.717, 1.165) is 23.4 Å². The summed E-state index contributed by atoms with van der Waals surface area (Å²) in [5.41, 5.74) is 1.23.